The molecule has 190 valence electrons. The first-order valence-electron chi connectivity index (χ1n) is 11.4. The molecule has 2 aromatic rings. The summed E-state index contributed by atoms with van der Waals surface area (Å²) in [5.41, 5.74) is 7.89. The highest BCUT2D eigenvalue weighted by Gasteiger charge is 2.30. The van der Waals surface area contributed by atoms with Gasteiger partial charge in [0.05, 0.1) is 19.9 Å². The number of nitrogens with zero attached hydrogens (tertiary/aromatic N) is 2. The van der Waals surface area contributed by atoms with E-state index in [0.29, 0.717) is 42.3 Å². The molecule has 3 rings (SSSR count). The zero-order valence-electron chi connectivity index (χ0n) is 20.2. The maximum atomic E-state index is 12.9. The van der Waals surface area contributed by atoms with Gasteiger partial charge >= 0.3 is 0 Å². The van der Waals surface area contributed by atoms with Crippen LogP contribution in [0, 0.1) is 0 Å². The second-order valence-corrected chi connectivity index (χ2v) is 11.3. The number of Topliss-reactive ketones (excluding diaryl/α,β-unsaturated/α-hetero) is 1. The Hall–Kier alpha value is -1.75. The van der Waals surface area contributed by atoms with Gasteiger partial charge in [-0.1, -0.05) is 0 Å². The van der Waals surface area contributed by atoms with E-state index in [4.69, 9.17) is 15.2 Å². The van der Waals surface area contributed by atoms with Crippen molar-refractivity contribution >= 4 is 61.0 Å². The molecule has 0 unspecified atom stereocenters. The number of carbonyl (C=O) groups is 2. The van der Waals surface area contributed by atoms with Crippen LogP contribution in [0.4, 0.5) is 5.69 Å². The van der Waals surface area contributed by atoms with E-state index < -0.39 is 11.7 Å². The number of fused-ring (bicyclic) bond motifs is 1. The number of anilines is 1. The van der Waals surface area contributed by atoms with Crippen molar-refractivity contribution in [1.29, 1.82) is 0 Å². The Bertz CT molecular complexity index is 1060. The van der Waals surface area contributed by atoms with E-state index in [1.54, 1.807) is 35.9 Å². The summed E-state index contributed by atoms with van der Waals surface area (Å²) in [6.45, 7) is 2.89. The normalized spacial score (nSPS) is 13.7. The van der Waals surface area contributed by atoms with Crippen molar-refractivity contribution in [2.45, 2.75) is 24.2 Å². The van der Waals surface area contributed by atoms with Gasteiger partial charge in [-0.2, -0.15) is 0 Å². The Morgan fingerprint density at radius 3 is 2.31 bits per heavy atom. The fraction of sp³-hybridized carbons (Fsp3) is 0.440. The van der Waals surface area contributed by atoms with Crippen molar-refractivity contribution < 1.29 is 19.1 Å². The highest BCUT2D eigenvalue weighted by Crippen LogP contribution is 2.34. The Morgan fingerprint density at radius 1 is 1.03 bits per heavy atom. The first-order chi connectivity index (χ1) is 16.7. The van der Waals surface area contributed by atoms with Crippen LogP contribution < -0.4 is 15.2 Å². The summed E-state index contributed by atoms with van der Waals surface area (Å²) >= 11 is 8.77. The van der Waals surface area contributed by atoms with Gasteiger partial charge in [0.2, 0.25) is 0 Å². The number of rotatable bonds is 11. The fourth-order valence-electron chi connectivity index (χ4n) is 3.98. The Kier molecular flexibility index (Phi) is 10.3. The zero-order valence-corrected chi connectivity index (χ0v) is 24.2. The van der Waals surface area contributed by atoms with Crippen LogP contribution in [0.5, 0.6) is 11.5 Å². The van der Waals surface area contributed by atoms with Gasteiger partial charge in [0.25, 0.3) is 11.7 Å². The predicted octanol–water partition coefficient (Wildman–Crippen LogP) is 4.88. The molecule has 7 nitrogen and oxygen atoms in total. The molecule has 35 heavy (non-hydrogen) atoms. The second-order valence-electron chi connectivity index (χ2n) is 8.40. The van der Waals surface area contributed by atoms with Crippen molar-refractivity contribution in [3.05, 3.63) is 44.3 Å². The summed E-state index contributed by atoms with van der Waals surface area (Å²) in [7, 11) is 5.17. The number of nitrogens with two attached hydrogens (primary N) is 1. The quantitative estimate of drug-likeness (QED) is 0.164. The number of ketones is 1. The van der Waals surface area contributed by atoms with Crippen molar-refractivity contribution in [1.82, 2.24) is 9.80 Å². The largest absolute Gasteiger partial charge is 0.493 e. The molecule has 1 amide bonds. The molecule has 0 fully saturated rings. The number of hydrogen-bond acceptors (Lipinski definition) is 7. The molecule has 10 heteroatoms. The number of ether oxygens (including phenoxy) is 2. The van der Waals surface area contributed by atoms with Crippen molar-refractivity contribution in [2.24, 2.45) is 0 Å². The summed E-state index contributed by atoms with van der Waals surface area (Å²) in [5.74, 6) is 1.09. The number of thioether (sulfide) groups is 1. The van der Waals surface area contributed by atoms with Crippen molar-refractivity contribution in [3.8, 4) is 11.5 Å². The van der Waals surface area contributed by atoms with Gasteiger partial charge in [-0.3, -0.25) is 9.59 Å². The molecule has 0 spiro atoms. The highest BCUT2D eigenvalue weighted by molar-refractivity contribution is 9.11. The summed E-state index contributed by atoms with van der Waals surface area (Å²) < 4.78 is 12.5. The minimum atomic E-state index is -0.482. The van der Waals surface area contributed by atoms with Gasteiger partial charge in [0.1, 0.15) is 0 Å². The lowest BCUT2D eigenvalue weighted by molar-refractivity contribution is -0.126. The number of methoxy groups -OCH3 is 2. The monoisotopic (exact) mass is 627 g/mol. The summed E-state index contributed by atoms with van der Waals surface area (Å²) in [5, 5.41) is 0. The average Bonchev–Trinajstić information content (AvgIpc) is 2.95. The Labute approximate surface area is 227 Å². The molecule has 1 aliphatic heterocycles. The lowest BCUT2D eigenvalue weighted by Crippen LogP contribution is -2.38. The first-order valence-corrected chi connectivity index (χ1v) is 14.0. The van der Waals surface area contributed by atoms with E-state index in [1.807, 2.05) is 12.1 Å². The molecule has 0 bridgehead atoms. The molecular weight excluding hydrogens is 598 g/mol. The molecule has 0 aromatic heterocycles. The van der Waals surface area contributed by atoms with Gasteiger partial charge in [-0.15, -0.1) is 11.8 Å². The summed E-state index contributed by atoms with van der Waals surface area (Å²) in [6, 6.07) is 7.50. The maximum absolute atomic E-state index is 12.9. The standard InChI is InChI=1S/C25H31Br2N3O4S/c1-29(8-5-11-35-17-13-19(26)23(28)20(27)14-17)7-4-9-30-10-6-16-12-21(33-2)22(34-3)15-18(16)24(31)25(30)32/h12-15H,4-11,28H2,1-3H3. The predicted molar refractivity (Wildman–Crippen MR) is 148 cm³/mol. The molecule has 0 saturated heterocycles. The van der Waals surface area contributed by atoms with Crippen molar-refractivity contribution in [3.63, 3.8) is 0 Å². The SMILES string of the molecule is COc1cc2c(cc1OC)C(=O)C(=O)N(CCCN(C)CCCSc1cc(Br)c(N)c(Br)c1)CC2. The van der Waals surface area contributed by atoms with Crippen LogP contribution in [-0.2, 0) is 11.2 Å². The zero-order chi connectivity index (χ0) is 25.5. The van der Waals surface area contributed by atoms with E-state index in [0.717, 1.165) is 46.2 Å². The molecule has 1 aliphatic rings. The summed E-state index contributed by atoms with van der Waals surface area (Å²) in [4.78, 5) is 30.8. The van der Waals surface area contributed by atoms with E-state index in [1.165, 1.54) is 12.0 Å². The first kappa shape index (κ1) is 27.8. The fourth-order valence-corrected chi connectivity index (χ4v) is 6.38. The number of nitrogen functional groups attached to an aromatic ring is 1. The molecule has 1 heterocycles. The lowest BCUT2D eigenvalue weighted by atomic mass is 10.0. The lowest BCUT2D eigenvalue weighted by Gasteiger charge is -2.22. The number of hydrogen-bond donors (Lipinski definition) is 1. The van der Waals surface area contributed by atoms with Gasteiger partial charge in [0, 0.05) is 32.5 Å². The van der Waals surface area contributed by atoms with Gasteiger partial charge < -0.3 is 25.0 Å². The third kappa shape index (κ3) is 7.15. The van der Waals surface area contributed by atoms with E-state index in [2.05, 4.69) is 43.8 Å². The Balaban J connectivity index is 1.44. The van der Waals surface area contributed by atoms with Crippen LogP contribution in [0.15, 0.2) is 38.1 Å². The van der Waals surface area contributed by atoms with Crippen LogP contribution in [0.2, 0.25) is 0 Å². The van der Waals surface area contributed by atoms with Crippen molar-refractivity contribution in [2.75, 3.05) is 58.9 Å². The summed E-state index contributed by atoms with van der Waals surface area (Å²) in [6.07, 6.45) is 2.46. The van der Waals surface area contributed by atoms with E-state index in [9.17, 15) is 9.59 Å². The molecule has 0 radical (unpaired) electrons. The average molecular weight is 629 g/mol. The minimum absolute atomic E-state index is 0.407. The van der Waals surface area contributed by atoms with E-state index in [-0.39, 0.29) is 0 Å². The molecule has 0 aliphatic carbocycles. The van der Waals surface area contributed by atoms with Crippen LogP contribution in [0.3, 0.4) is 0 Å². The molecule has 0 atom stereocenters. The van der Waals surface area contributed by atoms with Crippen LogP contribution in [-0.4, -0.2) is 74.7 Å². The third-order valence-corrected chi connectivity index (χ3v) is 8.33. The van der Waals surface area contributed by atoms with Gasteiger partial charge in [-0.25, -0.2) is 0 Å². The maximum Gasteiger partial charge on any atom is 0.294 e. The van der Waals surface area contributed by atoms with Crippen LogP contribution >= 0.6 is 43.6 Å². The van der Waals surface area contributed by atoms with Gasteiger partial charge in [-0.05, 0) is 107 Å². The number of halogens is 2. The minimum Gasteiger partial charge on any atom is -0.493 e. The number of amides is 1. The molecule has 2 aromatic carbocycles. The second kappa shape index (κ2) is 13.0. The molecule has 0 saturated carbocycles. The van der Waals surface area contributed by atoms with Crippen LogP contribution in [0.1, 0.15) is 28.8 Å². The molecular formula is C25H31Br2N3O4S. The smallest absolute Gasteiger partial charge is 0.294 e. The third-order valence-electron chi connectivity index (χ3n) is 5.96. The van der Waals surface area contributed by atoms with Gasteiger partial charge in [0.15, 0.2) is 11.5 Å². The Morgan fingerprint density at radius 2 is 1.66 bits per heavy atom. The number of benzene rings is 2. The topological polar surface area (TPSA) is 85.1 Å². The number of carbonyl (C=O) groups excluding carboxylic acids is 2. The highest BCUT2D eigenvalue weighted by atomic mass is 79.9. The van der Waals surface area contributed by atoms with Crippen LogP contribution in [0.25, 0.3) is 0 Å². The molecule has 2 N–H and O–H groups in total. The van der Waals surface area contributed by atoms with E-state index >= 15 is 0 Å².